The van der Waals surface area contributed by atoms with Crippen LogP contribution in [0, 0.1) is 5.82 Å². The highest BCUT2D eigenvalue weighted by Gasteiger charge is 2.04. The highest BCUT2D eigenvalue weighted by molar-refractivity contribution is 6.06. The molecule has 1 amide bonds. The minimum Gasteiger partial charge on any atom is -0.321 e. The number of anilines is 1. The van der Waals surface area contributed by atoms with Crippen LogP contribution in [0.4, 0.5) is 10.1 Å². The minimum atomic E-state index is -0.297. The lowest BCUT2D eigenvalue weighted by molar-refractivity contribution is -0.112. The molecule has 2 aromatic rings. The van der Waals surface area contributed by atoms with Gasteiger partial charge in [-0.1, -0.05) is 12.1 Å². The first-order valence-corrected chi connectivity index (χ1v) is 5.80. The number of carbonyl (C=O) groups is 1. The van der Waals surface area contributed by atoms with Gasteiger partial charge in [0.25, 0.3) is 5.91 Å². The summed E-state index contributed by atoms with van der Waals surface area (Å²) in [5.41, 5.74) is 1.95. The van der Waals surface area contributed by atoms with Gasteiger partial charge in [0.1, 0.15) is 5.82 Å². The molecule has 0 atom stereocenters. The summed E-state index contributed by atoms with van der Waals surface area (Å²) in [5, 5.41) is 2.73. The summed E-state index contributed by atoms with van der Waals surface area (Å²) in [6.07, 6.45) is 4.91. The molecule has 4 heteroatoms. The Morgan fingerprint density at radius 3 is 2.63 bits per heavy atom. The van der Waals surface area contributed by atoms with Gasteiger partial charge < -0.3 is 5.32 Å². The van der Waals surface area contributed by atoms with Crippen LogP contribution in [0.2, 0.25) is 0 Å². The maximum Gasteiger partial charge on any atom is 0.251 e. The van der Waals surface area contributed by atoms with E-state index in [0.29, 0.717) is 11.3 Å². The number of hydrogen-bond donors (Lipinski definition) is 1. The quantitative estimate of drug-likeness (QED) is 0.856. The van der Waals surface area contributed by atoms with Crippen molar-refractivity contribution in [3.05, 3.63) is 65.7 Å². The van der Waals surface area contributed by atoms with Crippen LogP contribution in [-0.4, -0.2) is 10.9 Å². The van der Waals surface area contributed by atoms with E-state index < -0.39 is 0 Å². The van der Waals surface area contributed by atoms with Gasteiger partial charge in [-0.3, -0.25) is 9.78 Å². The Labute approximate surface area is 110 Å². The summed E-state index contributed by atoms with van der Waals surface area (Å²) in [7, 11) is 0. The van der Waals surface area contributed by atoms with E-state index in [4.69, 9.17) is 0 Å². The second kappa shape index (κ2) is 5.91. The molecule has 19 heavy (non-hydrogen) atoms. The zero-order chi connectivity index (χ0) is 13.7. The molecule has 3 nitrogen and oxygen atoms in total. The maximum absolute atomic E-state index is 12.8. The van der Waals surface area contributed by atoms with E-state index in [9.17, 15) is 9.18 Å². The van der Waals surface area contributed by atoms with Gasteiger partial charge in [-0.15, -0.1) is 0 Å². The summed E-state index contributed by atoms with van der Waals surface area (Å²) in [6.45, 7) is 1.70. The third-order valence-electron chi connectivity index (χ3n) is 2.53. The molecule has 0 aliphatic rings. The second-order valence-corrected chi connectivity index (χ2v) is 4.07. The van der Waals surface area contributed by atoms with Crippen molar-refractivity contribution < 1.29 is 9.18 Å². The standard InChI is InChI=1S/C15H13FN2O/c1-11(9-12-4-6-13(16)7-5-12)15(19)18-14-3-2-8-17-10-14/h2-10H,1H3,(H,18,19)/b11-9+. The van der Waals surface area contributed by atoms with E-state index >= 15 is 0 Å². The Hall–Kier alpha value is -2.49. The van der Waals surface area contributed by atoms with Gasteiger partial charge in [0.05, 0.1) is 11.9 Å². The van der Waals surface area contributed by atoms with E-state index in [1.54, 1.807) is 49.7 Å². The van der Waals surface area contributed by atoms with Crippen LogP contribution in [0.25, 0.3) is 6.08 Å². The molecule has 2 rings (SSSR count). The Kier molecular flexibility index (Phi) is 4.03. The van der Waals surface area contributed by atoms with Crippen LogP contribution in [0.15, 0.2) is 54.4 Å². The number of nitrogens with one attached hydrogen (secondary N) is 1. The summed E-state index contributed by atoms with van der Waals surface area (Å²) in [4.78, 5) is 15.8. The molecule has 1 heterocycles. The van der Waals surface area contributed by atoms with Crippen molar-refractivity contribution in [1.29, 1.82) is 0 Å². The molecule has 0 fully saturated rings. The van der Waals surface area contributed by atoms with Crippen LogP contribution >= 0.6 is 0 Å². The van der Waals surface area contributed by atoms with Crippen molar-refractivity contribution in [1.82, 2.24) is 4.98 Å². The molecule has 0 unspecified atom stereocenters. The SMILES string of the molecule is C/C(=C\c1ccc(F)cc1)C(=O)Nc1cccnc1. The molecule has 96 valence electrons. The van der Waals surface area contributed by atoms with Crippen molar-refractivity contribution in [2.24, 2.45) is 0 Å². The van der Waals surface area contributed by atoms with E-state index in [2.05, 4.69) is 10.3 Å². The molecule has 1 N–H and O–H groups in total. The number of pyridine rings is 1. The topological polar surface area (TPSA) is 42.0 Å². The van der Waals surface area contributed by atoms with Gasteiger partial charge in [0.15, 0.2) is 0 Å². The summed E-state index contributed by atoms with van der Waals surface area (Å²) in [5.74, 6) is -0.507. The predicted octanol–water partition coefficient (Wildman–Crippen LogP) is 3.26. The monoisotopic (exact) mass is 256 g/mol. The summed E-state index contributed by atoms with van der Waals surface area (Å²) < 4.78 is 12.8. The second-order valence-electron chi connectivity index (χ2n) is 4.07. The average Bonchev–Trinajstić information content (AvgIpc) is 2.42. The Morgan fingerprint density at radius 1 is 1.26 bits per heavy atom. The lowest BCUT2D eigenvalue weighted by atomic mass is 10.1. The van der Waals surface area contributed by atoms with Crippen molar-refractivity contribution in [2.75, 3.05) is 5.32 Å². The normalized spacial score (nSPS) is 11.2. The van der Waals surface area contributed by atoms with Gasteiger partial charge in [0, 0.05) is 11.8 Å². The lowest BCUT2D eigenvalue weighted by Gasteiger charge is -2.04. The minimum absolute atomic E-state index is 0.211. The highest BCUT2D eigenvalue weighted by atomic mass is 19.1. The number of hydrogen-bond acceptors (Lipinski definition) is 2. The van der Waals surface area contributed by atoms with E-state index in [1.165, 1.54) is 12.1 Å². The zero-order valence-corrected chi connectivity index (χ0v) is 10.4. The number of rotatable bonds is 3. The predicted molar refractivity (Wildman–Crippen MR) is 72.9 cm³/mol. The largest absolute Gasteiger partial charge is 0.321 e. The van der Waals surface area contributed by atoms with Crippen molar-refractivity contribution >= 4 is 17.7 Å². The van der Waals surface area contributed by atoms with E-state index in [1.807, 2.05) is 0 Å². The van der Waals surface area contributed by atoms with Crippen LogP contribution in [0.3, 0.4) is 0 Å². The molecular formula is C15H13FN2O. The van der Waals surface area contributed by atoms with Crippen LogP contribution in [0.5, 0.6) is 0 Å². The zero-order valence-electron chi connectivity index (χ0n) is 10.4. The van der Waals surface area contributed by atoms with Crippen molar-refractivity contribution in [3.8, 4) is 0 Å². The summed E-state index contributed by atoms with van der Waals surface area (Å²) >= 11 is 0. The van der Waals surface area contributed by atoms with Gasteiger partial charge in [-0.05, 0) is 42.8 Å². The van der Waals surface area contributed by atoms with Crippen molar-refractivity contribution in [2.45, 2.75) is 6.92 Å². The average molecular weight is 256 g/mol. The first kappa shape index (κ1) is 13.0. The number of carbonyl (C=O) groups excluding carboxylic acids is 1. The molecular weight excluding hydrogens is 243 g/mol. The van der Waals surface area contributed by atoms with Gasteiger partial charge in [-0.25, -0.2) is 4.39 Å². The van der Waals surface area contributed by atoms with Gasteiger partial charge in [0.2, 0.25) is 0 Å². The number of benzene rings is 1. The smallest absolute Gasteiger partial charge is 0.251 e. The summed E-state index contributed by atoms with van der Waals surface area (Å²) in [6, 6.07) is 9.47. The highest BCUT2D eigenvalue weighted by Crippen LogP contribution is 2.10. The molecule has 0 bridgehead atoms. The van der Waals surface area contributed by atoms with Crippen LogP contribution in [-0.2, 0) is 4.79 Å². The third kappa shape index (κ3) is 3.74. The molecule has 0 aliphatic carbocycles. The van der Waals surface area contributed by atoms with E-state index in [-0.39, 0.29) is 11.7 Å². The van der Waals surface area contributed by atoms with Crippen LogP contribution in [0.1, 0.15) is 12.5 Å². The number of aromatic nitrogens is 1. The van der Waals surface area contributed by atoms with Crippen molar-refractivity contribution in [3.63, 3.8) is 0 Å². The number of nitrogens with zero attached hydrogens (tertiary/aromatic N) is 1. The third-order valence-corrected chi connectivity index (χ3v) is 2.53. The maximum atomic E-state index is 12.8. The Balaban J connectivity index is 2.08. The molecule has 0 aliphatic heterocycles. The lowest BCUT2D eigenvalue weighted by Crippen LogP contribution is -2.12. The molecule has 1 aromatic carbocycles. The number of amides is 1. The number of halogens is 1. The molecule has 0 saturated heterocycles. The first-order chi connectivity index (χ1) is 9.15. The van der Waals surface area contributed by atoms with Gasteiger partial charge >= 0.3 is 0 Å². The fourth-order valence-corrected chi connectivity index (χ4v) is 1.54. The first-order valence-electron chi connectivity index (χ1n) is 5.80. The van der Waals surface area contributed by atoms with Gasteiger partial charge in [-0.2, -0.15) is 0 Å². The molecule has 1 aromatic heterocycles. The Bertz CT molecular complexity index is 591. The fraction of sp³-hybridized carbons (Fsp3) is 0.0667. The Morgan fingerprint density at radius 2 is 2.00 bits per heavy atom. The molecule has 0 saturated carbocycles. The van der Waals surface area contributed by atoms with Crippen LogP contribution < -0.4 is 5.32 Å². The fourth-order valence-electron chi connectivity index (χ4n) is 1.54. The molecule has 0 spiro atoms. The molecule has 0 radical (unpaired) electrons. The van der Waals surface area contributed by atoms with E-state index in [0.717, 1.165) is 5.56 Å².